The van der Waals surface area contributed by atoms with Gasteiger partial charge in [0, 0.05) is 28.1 Å². The summed E-state index contributed by atoms with van der Waals surface area (Å²) in [5, 5.41) is 0. The molecule has 8 nitrogen and oxygen atoms in total. The predicted molar refractivity (Wildman–Crippen MR) is 93.7 cm³/mol. The van der Waals surface area contributed by atoms with Gasteiger partial charge in [-0.1, -0.05) is 30.3 Å². The number of rotatable bonds is 8. The van der Waals surface area contributed by atoms with E-state index in [9.17, 15) is 9.59 Å². The fourth-order valence-corrected chi connectivity index (χ4v) is 3.00. The Morgan fingerprint density at radius 3 is 2.11 bits per heavy atom. The summed E-state index contributed by atoms with van der Waals surface area (Å²) in [7, 11) is 2.88. The van der Waals surface area contributed by atoms with Crippen molar-refractivity contribution >= 4 is 11.9 Å². The van der Waals surface area contributed by atoms with E-state index in [1.54, 1.807) is 0 Å². The van der Waals surface area contributed by atoms with E-state index in [1.807, 2.05) is 30.3 Å². The molecule has 0 N–H and O–H groups in total. The number of methoxy groups -OCH3 is 2. The molecule has 1 aliphatic rings. The standard InChI is InChI=1S/C19H26O8/c1-12(20)25-17-16(22-3)15(11-24-10-14-8-6-5-7-9-14)27-19(23-4)18(17)26-13(2)21/h5-9,15-19H,10-11H2,1-4H3/t15?,16-,17+,18?,19+/m1/s1. The molecule has 0 saturated carbocycles. The zero-order valence-corrected chi connectivity index (χ0v) is 16.0. The van der Waals surface area contributed by atoms with Crippen molar-refractivity contribution in [3.05, 3.63) is 35.9 Å². The molecule has 2 rings (SSSR count). The normalized spacial score (nSPS) is 27.8. The second-order valence-electron chi connectivity index (χ2n) is 6.13. The van der Waals surface area contributed by atoms with Crippen molar-refractivity contribution in [1.82, 2.24) is 0 Å². The summed E-state index contributed by atoms with van der Waals surface area (Å²) in [5.74, 6) is -1.07. The molecule has 150 valence electrons. The van der Waals surface area contributed by atoms with Crippen LogP contribution in [0, 0.1) is 0 Å². The largest absolute Gasteiger partial charge is 0.455 e. The van der Waals surface area contributed by atoms with E-state index in [1.165, 1.54) is 28.1 Å². The van der Waals surface area contributed by atoms with Crippen molar-refractivity contribution in [3.63, 3.8) is 0 Å². The third kappa shape index (κ3) is 6.00. The Labute approximate surface area is 158 Å². The Bertz CT molecular complexity index is 605. The molecule has 5 atom stereocenters. The Hall–Kier alpha value is -2.00. The van der Waals surface area contributed by atoms with Crippen LogP contribution in [0.3, 0.4) is 0 Å². The van der Waals surface area contributed by atoms with E-state index in [4.69, 9.17) is 28.4 Å². The van der Waals surface area contributed by atoms with Crippen molar-refractivity contribution in [1.29, 1.82) is 0 Å². The Kier molecular flexibility index (Phi) is 8.18. The molecule has 8 heteroatoms. The lowest BCUT2D eigenvalue weighted by molar-refractivity contribution is -0.305. The maximum absolute atomic E-state index is 11.6. The van der Waals surface area contributed by atoms with E-state index >= 15 is 0 Å². The molecule has 0 radical (unpaired) electrons. The molecule has 1 aromatic rings. The summed E-state index contributed by atoms with van der Waals surface area (Å²) in [6.07, 6.45) is -4.04. The minimum Gasteiger partial charge on any atom is -0.455 e. The molecule has 1 aromatic carbocycles. The lowest BCUT2D eigenvalue weighted by Crippen LogP contribution is -2.62. The van der Waals surface area contributed by atoms with Gasteiger partial charge in [-0.15, -0.1) is 0 Å². The second kappa shape index (κ2) is 10.4. The van der Waals surface area contributed by atoms with Gasteiger partial charge in [-0.2, -0.15) is 0 Å². The third-order valence-electron chi connectivity index (χ3n) is 4.09. The Morgan fingerprint density at radius 1 is 0.926 bits per heavy atom. The molecular weight excluding hydrogens is 356 g/mol. The lowest BCUT2D eigenvalue weighted by Gasteiger charge is -2.43. The van der Waals surface area contributed by atoms with Crippen LogP contribution in [-0.4, -0.2) is 63.5 Å². The molecule has 1 saturated heterocycles. The third-order valence-corrected chi connectivity index (χ3v) is 4.09. The van der Waals surface area contributed by atoms with Crippen LogP contribution in [0.5, 0.6) is 0 Å². The zero-order valence-electron chi connectivity index (χ0n) is 16.0. The number of hydrogen-bond acceptors (Lipinski definition) is 8. The van der Waals surface area contributed by atoms with E-state index in [2.05, 4.69) is 0 Å². The number of hydrogen-bond donors (Lipinski definition) is 0. The summed E-state index contributed by atoms with van der Waals surface area (Å²) in [6.45, 7) is 3.10. The van der Waals surface area contributed by atoms with Gasteiger partial charge in [0.25, 0.3) is 0 Å². The molecule has 0 spiro atoms. The second-order valence-corrected chi connectivity index (χ2v) is 6.13. The molecule has 0 aromatic heterocycles. The molecule has 0 bridgehead atoms. The van der Waals surface area contributed by atoms with Crippen LogP contribution in [0.1, 0.15) is 19.4 Å². The van der Waals surface area contributed by atoms with Gasteiger partial charge >= 0.3 is 11.9 Å². The highest BCUT2D eigenvalue weighted by Gasteiger charge is 2.50. The molecule has 1 fully saturated rings. The summed E-state index contributed by atoms with van der Waals surface area (Å²) in [4.78, 5) is 23.0. The minimum atomic E-state index is -0.952. The summed E-state index contributed by atoms with van der Waals surface area (Å²) >= 11 is 0. The lowest BCUT2D eigenvalue weighted by atomic mass is 9.98. The van der Waals surface area contributed by atoms with Crippen molar-refractivity contribution < 1.29 is 38.0 Å². The quantitative estimate of drug-likeness (QED) is 0.624. The van der Waals surface area contributed by atoms with Gasteiger partial charge in [-0.05, 0) is 5.56 Å². The Balaban J connectivity index is 2.11. The number of esters is 2. The molecule has 1 heterocycles. The smallest absolute Gasteiger partial charge is 0.303 e. The van der Waals surface area contributed by atoms with Crippen LogP contribution in [-0.2, 0) is 44.6 Å². The summed E-state index contributed by atoms with van der Waals surface area (Å²) in [6, 6.07) is 9.68. The average Bonchev–Trinajstić information content (AvgIpc) is 2.63. The van der Waals surface area contributed by atoms with Crippen LogP contribution >= 0.6 is 0 Å². The average molecular weight is 382 g/mol. The highest BCUT2D eigenvalue weighted by Crippen LogP contribution is 2.29. The van der Waals surface area contributed by atoms with Gasteiger partial charge in [-0.3, -0.25) is 9.59 Å². The molecule has 0 aliphatic carbocycles. The fourth-order valence-electron chi connectivity index (χ4n) is 3.00. The summed E-state index contributed by atoms with van der Waals surface area (Å²) in [5.41, 5.74) is 1.01. The van der Waals surface area contributed by atoms with Gasteiger partial charge in [0.05, 0.1) is 13.2 Å². The molecule has 27 heavy (non-hydrogen) atoms. The van der Waals surface area contributed by atoms with Crippen molar-refractivity contribution in [3.8, 4) is 0 Å². The van der Waals surface area contributed by atoms with Crippen LogP contribution < -0.4 is 0 Å². The number of carbonyl (C=O) groups excluding carboxylic acids is 2. The first-order chi connectivity index (χ1) is 13.0. The van der Waals surface area contributed by atoms with Gasteiger partial charge < -0.3 is 28.4 Å². The van der Waals surface area contributed by atoms with Crippen molar-refractivity contribution in [2.45, 2.75) is 51.2 Å². The van der Waals surface area contributed by atoms with Crippen LogP contribution in [0.2, 0.25) is 0 Å². The fraction of sp³-hybridized carbons (Fsp3) is 0.579. The predicted octanol–water partition coefficient (Wildman–Crippen LogP) is 1.45. The number of benzene rings is 1. The van der Waals surface area contributed by atoms with E-state index in [0.717, 1.165) is 5.56 Å². The zero-order chi connectivity index (χ0) is 19.8. The van der Waals surface area contributed by atoms with E-state index < -0.39 is 42.6 Å². The SMILES string of the molecule is CO[C@H]1OC(COCc2ccccc2)[C@@H](OC)[C@H](OC(C)=O)C1OC(C)=O. The first-order valence-corrected chi connectivity index (χ1v) is 8.63. The first kappa shape index (κ1) is 21.3. The monoisotopic (exact) mass is 382 g/mol. The van der Waals surface area contributed by atoms with Crippen LogP contribution in [0.25, 0.3) is 0 Å². The molecular formula is C19H26O8. The maximum atomic E-state index is 11.6. The van der Waals surface area contributed by atoms with Crippen molar-refractivity contribution in [2.75, 3.05) is 20.8 Å². The van der Waals surface area contributed by atoms with Crippen LogP contribution in [0.4, 0.5) is 0 Å². The summed E-state index contributed by atoms with van der Waals surface area (Å²) < 4.78 is 33.1. The van der Waals surface area contributed by atoms with Crippen LogP contribution in [0.15, 0.2) is 30.3 Å². The van der Waals surface area contributed by atoms with Gasteiger partial charge in [0.1, 0.15) is 12.2 Å². The Morgan fingerprint density at radius 2 is 1.56 bits per heavy atom. The van der Waals surface area contributed by atoms with Gasteiger partial charge in [-0.25, -0.2) is 0 Å². The number of ether oxygens (including phenoxy) is 6. The first-order valence-electron chi connectivity index (χ1n) is 8.63. The maximum Gasteiger partial charge on any atom is 0.303 e. The van der Waals surface area contributed by atoms with Crippen molar-refractivity contribution in [2.24, 2.45) is 0 Å². The van der Waals surface area contributed by atoms with Gasteiger partial charge in [0.2, 0.25) is 0 Å². The molecule has 2 unspecified atom stereocenters. The molecule has 1 aliphatic heterocycles. The van der Waals surface area contributed by atoms with E-state index in [-0.39, 0.29) is 6.61 Å². The van der Waals surface area contributed by atoms with Gasteiger partial charge in [0.15, 0.2) is 18.5 Å². The highest BCUT2D eigenvalue weighted by molar-refractivity contribution is 5.67. The topological polar surface area (TPSA) is 89.5 Å². The highest BCUT2D eigenvalue weighted by atomic mass is 16.7. The van der Waals surface area contributed by atoms with E-state index in [0.29, 0.717) is 6.61 Å². The minimum absolute atomic E-state index is 0.178. The number of carbonyl (C=O) groups is 2. The molecule has 0 amide bonds.